The monoisotopic (exact) mass is 1180 g/mol. The number of halogens is 1. The van der Waals surface area contributed by atoms with E-state index in [0.717, 1.165) is 64.8 Å². The molecule has 0 saturated carbocycles. The number of primary amides is 1. The van der Waals surface area contributed by atoms with Crippen molar-refractivity contribution in [2.75, 3.05) is 64.8 Å². The molecule has 8 aromatic rings. The molecule has 0 atom stereocenters. The van der Waals surface area contributed by atoms with Gasteiger partial charge in [-0.05, 0) is 177 Å². The number of nitrogens with one attached hydrogen (secondary N) is 2. The molecule has 0 unspecified atom stereocenters. The average molecular weight is 1180 g/mol. The van der Waals surface area contributed by atoms with E-state index in [-0.39, 0.29) is 17.6 Å². The van der Waals surface area contributed by atoms with Crippen LogP contribution in [0.4, 0.5) is 5.82 Å². The van der Waals surface area contributed by atoms with Crippen LogP contribution in [0, 0.1) is 0 Å². The van der Waals surface area contributed by atoms with E-state index < -0.39 is 5.91 Å². The number of hydrogen-bond donors (Lipinski definition) is 3. The summed E-state index contributed by atoms with van der Waals surface area (Å²) in [4.78, 5) is 60.7. The van der Waals surface area contributed by atoms with E-state index in [1.165, 1.54) is 56.5 Å². The van der Waals surface area contributed by atoms with Crippen LogP contribution in [0.1, 0.15) is 80.5 Å². The van der Waals surface area contributed by atoms with Gasteiger partial charge in [0, 0.05) is 113 Å². The Hall–Kier alpha value is -7.49. The smallest absolute Gasteiger partial charge is 0.256 e. The minimum absolute atomic E-state index is 0.139. The number of hydrogen-bond acceptors (Lipinski definition) is 14. The first-order chi connectivity index (χ1) is 39.4. The molecule has 0 bridgehead atoms. The molecule has 2 aliphatic heterocycles. The van der Waals surface area contributed by atoms with Crippen molar-refractivity contribution in [3.8, 4) is 34.5 Å². The molecular formula is C61H62ClN7O8S4. The highest BCUT2D eigenvalue weighted by Crippen LogP contribution is 2.31. The number of ether oxygens (including phenoxy) is 4. The molecule has 20 heteroatoms. The molecule has 4 N–H and O–H groups in total. The number of carbonyl (C=O) groups is 4. The maximum atomic E-state index is 12.8. The van der Waals surface area contributed by atoms with Crippen LogP contribution in [-0.2, 0) is 40.1 Å². The average Bonchev–Trinajstić information content (AvgIpc) is 4.35. The predicted octanol–water partition coefficient (Wildman–Crippen LogP) is 11.6. The van der Waals surface area contributed by atoms with Crippen molar-refractivity contribution in [2.45, 2.75) is 39.0 Å². The fourth-order valence-corrected chi connectivity index (χ4v) is 9.05. The van der Waals surface area contributed by atoms with E-state index in [1.54, 1.807) is 98.3 Å². The second-order valence-corrected chi connectivity index (χ2v) is 22.4. The molecule has 81 heavy (non-hydrogen) atoms. The molecule has 2 fully saturated rings. The number of carbonyl (C=O) groups excluding carboxylic acids is 4. The minimum Gasteiger partial charge on any atom is -0.492 e. The molecule has 15 nitrogen and oxygen atoms in total. The summed E-state index contributed by atoms with van der Waals surface area (Å²) in [7, 11) is 3.95. The second-order valence-electron chi connectivity index (χ2n) is 18.4. The Balaban J connectivity index is 0.000000185. The van der Waals surface area contributed by atoms with E-state index in [2.05, 4.69) is 52.8 Å². The van der Waals surface area contributed by atoms with Gasteiger partial charge in [0.2, 0.25) is 5.91 Å². The first-order valence-electron chi connectivity index (χ1n) is 26.3. The van der Waals surface area contributed by atoms with Crippen LogP contribution in [0.3, 0.4) is 0 Å². The van der Waals surface area contributed by atoms with Crippen molar-refractivity contribution in [1.29, 1.82) is 0 Å². The number of nitrogens with zero attached hydrogens (tertiary/aromatic N) is 4. The van der Waals surface area contributed by atoms with E-state index in [0.29, 0.717) is 70.3 Å². The zero-order valence-corrected chi connectivity index (χ0v) is 48.9. The van der Waals surface area contributed by atoms with Gasteiger partial charge in [0.05, 0.1) is 0 Å². The van der Waals surface area contributed by atoms with Gasteiger partial charge >= 0.3 is 0 Å². The van der Waals surface area contributed by atoms with Crippen LogP contribution in [0.5, 0.6) is 34.5 Å². The highest BCUT2D eigenvalue weighted by molar-refractivity contribution is 8.51. The van der Waals surface area contributed by atoms with Crippen molar-refractivity contribution in [1.82, 2.24) is 25.1 Å². The summed E-state index contributed by atoms with van der Waals surface area (Å²) in [6.07, 6.45) is 8.79. The molecule has 2 aromatic heterocycles. The maximum absolute atomic E-state index is 12.8. The van der Waals surface area contributed by atoms with Gasteiger partial charge in [-0.2, -0.15) is 0 Å². The summed E-state index contributed by atoms with van der Waals surface area (Å²) in [6.45, 7) is 9.74. The number of anilines is 1. The molecule has 0 spiro atoms. The van der Waals surface area contributed by atoms with Gasteiger partial charge in [-0.3, -0.25) is 29.0 Å². The lowest BCUT2D eigenvalue weighted by Gasteiger charge is -2.15. The van der Waals surface area contributed by atoms with Crippen LogP contribution < -0.4 is 35.3 Å². The number of rotatable bonds is 18. The van der Waals surface area contributed by atoms with Crippen molar-refractivity contribution >= 4 is 103 Å². The van der Waals surface area contributed by atoms with E-state index in [4.69, 9.17) is 36.3 Å². The largest absolute Gasteiger partial charge is 0.492 e. The number of nitrogens with two attached hydrogens (primary N) is 1. The molecule has 0 radical (unpaired) electrons. The maximum Gasteiger partial charge on any atom is 0.256 e. The van der Waals surface area contributed by atoms with Gasteiger partial charge in [0.25, 0.3) is 11.8 Å². The van der Waals surface area contributed by atoms with Crippen LogP contribution in [-0.4, -0.2) is 103 Å². The van der Waals surface area contributed by atoms with Gasteiger partial charge in [0.15, 0.2) is 5.78 Å². The lowest BCUT2D eigenvalue weighted by molar-refractivity contribution is 0.0961. The first kappa shape index (κ1) is 61.1. The van der Waals surface area contributed by atoms with Gasteiger partial charge < -0.3 is 35.3 Å². The highest BCUT2D eigenvalue weighted by Gasteiger charge is 2.15. The summed E-state index contributed by atoms with van der Waals surface area (Å²) < 4.78 is 23.2. The summed E-state index contributed by atoms with van der Waals surface area (Å²) in [5, 5.41) is 9.49. The van der Waals surface area contributed by atoms with Gasteiger partial charge in [-0.15, -0.1) is 0 Å². The Morgan fingerprint density at radius 3 is 1.54 bits per heavy atom. The minimum atomic E-state index is -0.409. The Bertz CT molecular complexity index is 3490. The number of amides is 3. The van der Waals surface area contributed by atoms with Crippen LogP contribution >= 0.6 is 11.6 Å². The highest BCUT2D eigenvalue weighted by atomic mass is 35.5. The molecule has 420 valence electrons. The standard InChI is InChI=1S/C30H30N4O4.C18H14ClNO2.C13H18N2O2.S4/c1-31-30(36)27-6-4-5-22-19-24(11-12-26(22)27)38-25-13-14-32-28(20-25)33-29(35)21-7-9-23(10-8-21)37-18-17-34-15-2-3-16-34;1-2-17(21)16-5-3-4-12-10-13(6-7-15(12)16)22-14-8-9-20-18(19)11-14;14-13(16)11-3-5-12(6-4-11)17-10-9-15-7-1-2-8-15;1-3-4-2/h4-14,19-20H,2-3,15-18H2,1H3,(H,31,36)(H,32,33,35);3-11H,2H2,1H3;3-6H,1-2,7-10H2,(H2,14,16);. The van der Waals surface area contributed by atoms with Crippen molar-refractivity contribution in [3.63, 3.8) is 0 Å². The van der Waals surface area contributed by atoms with Crippen molar-refractivity contribution in [3.05, 3.63) is 185 Å². The molecule has 6 aromatic carbocycles. The number of likely N-dealkylation sites (tertiary alicyclic amines) is 2. The third-order valence-corrected chi connectivity index (χ3v) is 15.4. The number of pyridine rings is 2. The first-order valence-corrected chi connectivity index (χ1v) is 30.7. The van der Waals surface area contributed by atoms with Gasteiger partial charge in [-0.1, -0.05) is 48.9 Å². The molecule has 0 aliphatic carbocycles. The van der Waals surface area contributed by atoms with Crippen LogP contribution in [0.25, 0.3) is 21.5 Å². The van der Waals surface area contributed by atoms with Crippen LogP contribution in [0.15, 0.2) is 158 Å². The third-order valence-electron chi connectivity index (χ3n) is 13.0. The molecule has 2 saturated heterocycles. The SMILES string of the molecule is CCC(=O)c1cccc2cc(Oc3ccnc(Cl)c3)ccc12.CNC(=O)c1cccc2cc(Oc3ccnc(NC(=O)c4ccc(OCCN5CCCC5)cc4)c3)ccc12.NC(=O)c1ccc(OCCN2CCCC2)cc1.S=S=S=S. The van der Waals surface area contributed by atoms with Crippen LogP contribution in [0.2, 0.25) is 5.15 Å². The Labute approximate surface area is 492 Å². The Kier molecular flexibility index (Phi) is 24.2. The fourth-order valence-electron chi connectivity index (χ4n) is 8.88. The second kappa shape index (κ2) is 32.1. The molecule has 10 rings (SSSR count). The van der Waals surface area contributed by atoms with E-state index in [1.807, 2.05) is 73.7 Å². The van der Waals surface area contributed by atoms with Gasteiger partial charge in [0.1, 0.15) is 58.7 Å². The summed E-state index contributed by atoms with van der Waals surface area (Å²) in [5.41, 5.74) is 7.53. The normalized spacial score (nSPS) is 12.7. The number of benzene rings is 6. The summed E-state index contributed by atoms with van der Waals surface area (Å²) in [6, 6.07) is 43.3. The Morgan fingerprint density at radius 2 is 1.05 bits per heavy atom. The van der Waals surface area contributed by atoms with E-state index >= 15 is 0 Å². The van der Waals surface area contributed by atoms with Gasteiger partial charge in [-0.25, -0.2) is 9.97 Å². The quantitative estimate of drug-likeness (QED) is 0.0544. The number of aromatic nitrogens is 2. The third kappa shape index (κ3) is 19.1. The number of ketones is 1. The Morgan fingerprint density at radius 1 is 0.580 bits per heavy atom. The summed E-state index contributed by atoms with van der Waals surface area (Å²) in [5.74, 6) is 3.67. The van der Waals surface area contributed by atoms with E-state index in [9.17, 15) is 19.2 Å². The van der Waals surface area contributed by atoms with Crippen molar-refractivity contribution in [2.24, 2.45) is 5.73 Å². The molecule has 2 aliphatic rings. The molecular weight excluding hydrogens is 1120 g/mol. The number of Topliss-reactive ketones (excluding diaryl/α,β-unsaturated/α-hetero) is 1. The number of fused-ring (bicyclic) bond motifs is 2. The zero-order valence-electron chi connectivity index (χ0n) is 44.8. The zero-order chi connectivity index (χ0) is 57.3. The lowest BCUT2D eigenvalue weighted by atomic mass is 10.00. The fraction of sp³-hybridized carbons (Fsp3) is 0.246. The predicted molar refractivity (Wildman–Crippen MR) is 331 cm³/mol. The topological polar surface area (TPSA) is 188 Å². The molecule has 3 amide bonds. The summed E-state index contributed by atoms with van der Waals surface area (Å²) >= 11 is 14.5. The lowest BCUT2D eigenvalue weighted by Crippen LogP contribution is -2.25. The molecule has 4 heterocycles. The van der Waals surface area contributed by atoms with Crippen molar-refractivity contribution < 1.29 is 38.1 Å².